The average Bonchev–Trinajstić information content (AvgIpc) is 3.43. The van der Waals surface area contributed by atoms with Crippen LogP contribution in [0.5, 0.6) is 0 Å². The highest BCUT2D eigenvalue weighted by molar-refractivity contribution is 5.83. The van der Waals surface area contributed by atoms with Gasteiger partial charge in [-0.2, -0.15) is 0 Å². The van der Waals surface area contributed by atoms with Gasteiger partial charge in [0.15, 0.2) is 0 Å². The lowest BCUT2D eigenvalue weighted by Gasteiger charge is -2.31. The zero-order valence-corrected chi connectivity index (χ0v) is 20.0. The number of rotatable bonds is 10. The largest absolute Gasteiger partial charge is 0.464 e. The third-order valence-corrected chi connectivity index (χ3v) is 5.81. The van der Waals surface area contributed by atoms with Gasteiger partial charge in [0.2, 0.25) is 5.91 Å². The van der Waals surface area contributed by atoms with E-state index in [2.05, 4.69) is 57.3 Å². The molecule has 2 aromatic heterocycles. The molecule has 0 spiro atoms. The lowest BCUT2D eigenvalue weighted by atomic mass is 10.0. The Kier molecular flexibility index (Phi) is 7.19. The highest BCUT2D eigenvalue weighted by Crippen LogP contribution is 2.20. The molecular weight excluding hydrogens is 412 g/mol. The van der Waals surface area contributed by atoms with E-state index >= 15 is 0 Å². The minimum Gasteiger partial charge on any atom is -0.464 e. The van der Waals surface area contributed by atoms with Gasteiger partial charge in [-0.3, -0.25) is 4.79 Å². The van der Waals surface area contributed by atoms with Crippen LogP contribution in [0.25, 0.3) is 21.9 Å². The van der Waals surface area contributed by atoms with Crippen molar-refractivity contribution in [1.29, 1.82) is 0 Å². The number of hydrogen-bond acceptors (Lipinski definition) is 4. The van der Waals surface area contributed by atoms with E-state index in [0.717, 1.165) is 46.2 Å². The second-order valence-corrected chi connectivity index (χ2v) is 9.75. The summed E-state index contributed by atoms with van der Waals surface area (Å²) in [5.41, 5.74) is 3.99. The quantitative estimate of drug-likeness (QED) is 0.324. The molecule has 2 aromatic carbocycles. The molecule has 1 atom stereocenters. The molecule has 5 heteroatoms. The fourth-order valence-electron chi connectivity index (χ4n) is 4.35. The summed E-state index contributed by atoms with van der Waals surface area (Å²) < 4.78 is 10.9. The molecule has 1 N–H and O–H groups in total. The SMILES string of the molecule is CC(C)CN(CC(C)C)C(=O)C(Cc1ccc2occc2c1)NCc1ccc2occc2c1. The second-order valence-electron chi connectivity index (χ2n) is 9.75. The zero-order chi connectivity index (χ0) is 23.4. The summed E-state index contributed by atoms with van der Waals surface area (Å²) in [4.78, 5) is 15.8. The van der Waals surface area contributed by atoms with Crippen molar-refractivity contribution in [3.8, 4) is 0 Å². The number of nitrogens with zero attached hydrogens (tertiary/aromatic N) is 1. The lowest BCUT2D eigenvalue weighted by molar-refractivity contribution is -0.134. The van der Waals surface area contributed by atoms with Gasteiger partial charge in [-0.25, -0.2) is 0 Å². The Morgan fingerprint density at radius 3 is 1.94 bits per heavy atom. The Morgan fingerprint density at radius 1 is 0.818 bits per heavy atom. The first-order valence-electron chi connectivity index (χ1n) is 11.8. The van der Waals surface area contributed by atoms with E-state index in [1.165, 1.54) is 0 Å². The standard InChI is InChI=1S/C28H34N2O3/c1-19(2)17-30(18-20(3)4)28(31)25(15-21-5-7-26-23(13-21)9-11-32-26)29-16-22-6-8-27-24(14-22)10-12-33-27/h5-14,19-20,25,29H,15-18H2,1-4H3. The van der Waals surface area contributed by atoms with E-state index in [9.17, 15) is 4.79 Å². The normalized spacial score (nSPS) is 12.8. The summed E-state index contributed by atoms with van der Waals surface area (Å²) in [6.07, 6.45) is 4.03. The zero-order valence-electron chi connectivity index (χ0n) is 20.0. The maximum absolute atomic E-state index is 13.8. The van der Waals surface area contributed by atoms with Crippen LogP contribution in [0.1, 0.15) is 38.8 Å². The molecule has 1 amide bonds. The number of carbonyl (C=O) groups excluding carboxylic acids is 1. The Balaban J connectivity index is 1.56. The summed E-state index contributed by atoms with van der Waals surface area (Å²) in [5.74, 6) is 0.993. The minimum absolute atomic E-state index is 0.161. The predicted molar refractivity (Wildman–Crippen MR) is 133 cm³/mol. The van der Waals surface area contributed by atoms with Crippen molar-refractivity contribution in [3.63, 3.8) is 0 Å². The van der Waals surface area contributed by atoms with E-state index < -0.39 is 0 Å². The number of hydrogen-bond donors (Lipinski definition) is 1. The van der Waals surface area contributed by atoms with Gasteiger partial charge in [-0.05, 0) is 65.8 Å². The average molecular weight is 447 g/mol. The Morgan fingerprint density at radius 2 is 1.36 bits per heavy atom. The minimum atomic E-state index is -0.313. The van der Waals surface area contributed by atoms with Gasteiger partial charge in [-0.1, -0.05) is 39.8 Å². The lowest BCUT2D eigenvalue weighted by Crippen LogP contribution is -2.49. The molecule has 0 aliphatic carbocycles. The predicted octanol–water partition coefficient (Wildman–Crippen LogP) is 6.02. The van der Waals surface area contributed by atoms with Crippen molar-refractivity contribution in [2.24, 2.45) is 11.8 Å². The molecule has 5 nitrogen and oxygen atoms in total. The van der Waals surface area contributed by atoms with Gasteiger partial charge >= 0.3 is 0 Å². The summed E-state index contributed by atoms with van der Waals surface area (Å²) in [6.45, 7) is 10.8. The third-order valence-electron chi connectivity index (χ3n) is 5.81. The van der Waals surface area contributed by atoms with E-state index in [1.54, 1.807) is 12.5 Å². The molecule has 33 heavy (non-hydrogen) atoms. The number of amides is 1. The van der Waals surface area contributed by atoms with Gasteiger partial charge in [0.05, 0.1) is 18.6 Å². The van der Waals surface area contributed by atoms with Crippen molar-refractivity contribution in [2.45, 2.75) is 46.7 Å². The molecule has 0 fully saturated rings. The molecule has 0 saturated heterocycles. The van der Waals surface area contributed by atoms with Crippen LogP contribution in [0, 0.1) is 11.8 Å². The van der Waals surface area contributed by atoms with Gasteiger partial charge < -0.3 is 19.1 Å². The number of furan rings is 2. The van der Waals surface area contributed by atoms with Crippen molar-refractivity contribution < 1.29 is 13.6 Å². The first kappa shape index (κ1) is 23.1. The molecule has 0 aliphatic rings. The first-order valence-corrected chi connectivity index (χ1v) is 11.8. The first-order chi connectivity index (χ1) is 15.9. The smallest absolute Gasteiger partial charge is 0.240 e. The molecule has 1 unspecified atom stereocenters. The molecule has 0 radical (unpaired) electrons. The van der Waals surface area contributed by atoms with Gasteiger partial charge in [-0.15, -0.1) is 0 Å². The molecule has 0 bridgehead atoms. The summed E-state index contributed by atoms with van der Waals surface area (Å²) in [5, 5.41) is 5.70. The van der Waals surface area contributed by atoms with E-state index in [4.69, 9.17) is 8.83 Å². The topological polar surface area (TPSA) is 58.6 Å². The fourth-order valence-corrected chi connectivity index (χ4v) is 4.35. The second kappa shape index (κ2) is 10.3. The third kappa shape index (κ3) is 5.85. The molecule has 174 valence electrons. The van der Waals surface area contributed by atoms with Crippen LogP contribution >= 0.6 is 0 Å². The van der Waals surface area contributed by atoms with Crippen LogP contribution in [-0.2, 0) is 17.8 Å². The summed E-state index contributed by atoms with van der Waals surface area (Å²) >= 11 is 0. The number of fused-ring (bicyclic) bond motifs is 2. The van der Waals surface area contributed by atoms with Crippen LogP contribution in [0.2, 0.25) is 0 Å². The van der Waals surface area contributed by atoms with Gasteiger partial charge in [0, 0.05) is 30.4 Å². The van der Waals surface area contributed by atoms with Gasteiger partial charge in [0.25, 0.3) is 0 Å². The summed E-state index contributed by atoms with van der Waals surface area (Å²) in [6, 6.07) is 15.9. The van der Waals surface area contributed by atoms with Crippen LogP contribution in [0.3, 0.4) is 0 Å². The molecule has 0 saturated carbocycles. The highest BCUT2D eigenvalue weighted by atomic mass is 16.3. The van der Waals surface area contributed by atoms with Crippen LogP contribution < -0.4 is 5.32 Å². The molecular formula is C28H34N2O3. The Bertz CT molecular complexity index is 1190. The Hall–Kier alpha value is -3.05. The fraction of sp³-hybridized carbons (Fsp3) is 0.393. The monoisotopic (exact) mass is 446 g/mol. The molecule has 0 aliphatic heterocycles. The van der Waals surface area contributed by atoms with Crippen LogP contribution in [0.4, 0.5) is 0 Å². The van der Waals surface area contributed by atoms with Crippen molar-refractivity contribution in [1.82, 2.24) is 10.2 Å². The number of carbonyl (C=O) groups is 1. The van der Waals surface area contributed by atoms with Crippen LogP contribution in [0.15, 0.2) is 69.9 Å². The number of benzene rings is 2. The maximum atomic E-state index is 13.8. The van der Waals surface area contributed by atoms with Crippen molar-refractivity contribution in [3.05, 3.63) is 72.2 Å². The van der Waals surface area contributed by atoms with E-state index in [-0.39, 0.29) is 11.9 Å². The highest BCUT2D eigenvalue weighted by Gasteiger charge is 2.26. The van der Waals surface area contributed by atoms with E-state index in [0.29, 0.717) is 24.8 Å². The molecule has 4 aromatic rings. The molecule has 2 heterocycles. The van der Waals surface area contributed by atoms with Crippen LogP contribution in [-0.4, -0.2) is 29.9 Å². The van der Waals surface area contributed by atoms with E-state index in [1.807, 2.05) is 29.2 Å². The summed E-state index contributed by atoms with van der Waals surface area (Å²) in [7, 11) is 0. The van der Waals surface area contributed by atoms with Crippen molar-refractivity contribution in [2.75, 3.05) is 13.1 Å². The Labute approximate surface area is 195 Å². The van der Waals surface area contributed by atoms with Gasteiger partial charge in [0.1, 0.15) is 11.2 Å². The number of nitrogens with one attached hydrogen (secondary N) is 1. The van der Waals surface area contributed by atoms with Crippen molar-refractivity contribution >= 4 is 27.8 Å². The molecule has 4 rings (SSSR count). The maximum Gasteiger partial charge on any atom is 0.240 e.